The summed E-state index contributed by atoms with van der Waals surface area (Å²) in [5, 5.41) is 11.1. The van der Waals surface area contributed by atoms with Crippen LogP contribution in [0.15, 0.2) is 36.4 Å². The number of piperidine rings is 1. The topological polar surface area (TPSA) is 97.1 Å². The second kappa shape index (κ2) is 7.71. The maximum atomic E-state index is 13.1. The number of pyridine rings is 1. The van der Waals surface area contributed by atoms with Crippen molar-refractivity contribution in [1.29, 1.82) is 0 Å². The van der Waals surface area contributed by atoms with Crippen LogP contribution in [0.4, 0.5) is 0 Å². The molecule has 9 nitrogen and oxygen atoms in total. The Morgan fingerprint density at radius 2 is 1.87 bits per heavy atom. The molecule has 9 heteroatoms. The molecule has 2 aromatic heterocycles. The summed E-state index contributed by atoms with van der Waals surface area (Å²) in [6.07, 6.45) is 9.97. The lowest BCUT2D eigenvalue weighted by Gasteiger charge is -2.38. The summed E-state index contributed by atoms with van der Waals surface area (Å²) in [4.78, 5) is 33.4. The fourth-order valence-electron chi connectivity index (χ4n) is 4.81. The number of tetrazole rings is 1. The predicted molar refractivity (Wildman–Crippen MR) is 107 cm³/mol. The molecule has 1 spiro atoms. The normalized spacial score (nSPS) is 21.6. The third-order valence-corrected chi connectivity index (χ3v) is 6.74. The Morgan fingerprint density at radius 1 is 1.03 bits per heavy atom. The molecule has 2 saturated heterocycles. The maximum Gasteiger partial charge on any atom is 0.233 e. The fourth-order valence-corrected chi connectivity index (χ4v) is 4.81. The van der Waals surface area contributed by atoms with Crippen molar-refractivity contribution in [2.75, 3.05) is 26.2 Å². The van der Waals surface area contributed by atoms with Crippen LogP contribution >= 0.6 is 0 Å². The lowest BCUT2D eigenvalue weighted by Crippen LogP contribution is -2.45. The number of hydrogen-bond acceptors (Lipinski definition) is 7. The van der Waals surface area contributed by atoms with Crippen molar-refractivity contribution in [3.05, 3.63) is 42.0 Å². The molecule has 0 aromatic carbocycles. The Labute approximate surface area is 174 Å². The van der Waals surface area contributed by atoms with Crippen molar-refractivity contribution in [2.45, 2.75) is 38.5 Å². The number of likely N-dealkylation sites (tertiary alicyclic amines) is 2. The van der Waals surface area contributed by atoms with E-state index in [1.165, 1.54) is 16.6 Å². The quantitative estimate of drug-likeness (QED) is 0.734. The molecule has 4 heterocycles. The first-order chi connectivity index (χ1) is 14.6. The van der Waals surface area contributed by atoms with E-state index in [2.05, 4.69) is 31.5 Å². The van der Waals surface area contributed by atoms with Crippen molar-refractivity contribution in [3.63, 3.8) is 0 Å². The molecule has 0 saturated carbocycles. The van der Waals surface area contributed by atoms with Crippen molar-refractivity contribution >= 4 is 11.7 Å². The van der Waals surface area contributed by atoms with E-state index < -0.39 is 0 Å². The summed E-state index contributed by atoms with van der Waals surface area (Å²) in [7, 11) is 0. The van der Waals surface area contributed by atoms with Crippen LogP contribution in [-0.4, -0.2) is 72.9 Å². The molecule has 0 N–H and O–H groups in total. The summed E-state index contributed by atoms with van der Waals surface area (Å²) in [5.41, 5.74) is 1.88. The number of aromatic nitrogens is 5. The highest BCUT2D eigenvalue weighted by atomic mass is 16.2. The predicted octanol–water partition coefficient (Wildman–Crippen LogP) is 1.16. The third kappa shape index (κ3) is 3.54. The molecule has 0 unspecified atom stereocenters. The van der Waals surface area contributed by atoms with Crippen LogP contribution in [-0.2, 0) is 16.0 Å². The number of allylic oxidation sites excluding steroid dienone is 2. The summed E-state index contributed by atoms with van der Waals surface area (Å²) in [5.74, 6) is 1.09. The first-order valence-corrected chi connectivity index (χ1v) is 10.6. The molecule has 3 aliphatic rings. The van der Waals surface area contributed by atoms with Crippen LogP contribution in [0.5, 0.6) is 0 Å². The van der Waals surface area contributed by atoms with E-state index >= 15 is 0 Å². The zero-order chi connectivity index (χ0) is 20.6. The van der Waals surface area contributed by atoms with E-state index in [1.807, 2.05) is 17.2 Å². The van der Waals surface area contributed by atoms with Gasteiger partial charge >= 0.3 is 0 Å². The molecule has 5 rings (SSSR count). The molecule has 2 aromatic rings. The number of hydrogen-bond donors (Lipinski definition) is 0. The maximum absolute atomic E-state index is 13.1. The number of ketones is 1. The monoisotopic (exact) mass is 407 g/mol. The van der Waals surface area contributed by atoms with Crippen LogP contribution in [0.3, 0.4) is 0 Å². The second-order valence-electron chi connectivity index (χ2n) is 8.46. The van der Waals surface area contributed by atoms with Gasteiger partial charge in [0.1, 0.15) is 6.33 Å². The van der Waals surface area contributed by atoms with Crippen molar-refractivity contribution in [2.24, 2.45) is 5.41 Å². The Kier molecular flexibility index (Phi) is 4.90. The molecule has 156 valence electrons. The average Bonchev–Trinajstić information content (AvgIpc) is 3.51. The molecule has 1 aliphatic carbocycles. The Hall–Kier alpha value is -2.94. The fraction of sp³-hybridized carbons (Fsp3) is 0.524. The minimum absolute atomic E-state index is 0.147. The second-order valence-corrected chi connectivity index (χ2v) is 8.46. The minimum Gasteiger partial charge on any atom is -0.316 e. The number of rotatable bonds is 5. The number of amides is 1. The van der Waals surface area contributed by atoms with Gasteiger partial charge in [0.25, 0.3) is 0 Å². The van der Waals surface area contributed by atoms with Gasteiger partial charge in [-0.1, -0.05) is 6.07 Å². The van der Waals surface area contributed by atoms with E-state index in [0.717, 1.165) is 57.6 Å². The van der Waals surface area contributed by atoms with Crippen molar-refractivity contribution in [1.82, 2.24) is 35.0 Å². The highest BCUT2D eigenvalue weighted by Gasteiger charge is 2.49. The van der Waals surface area contributed by atoms with Crippen molar-refractivity contribution in [3.8, 4) is 5.82 Å². The van der Waals surface area contributed by atoms with E-state index in [-0.39, 0.29) is 17.1 Å². The molecule has 1 amide bonds. The van der Waals surface area contributed by atoms with Crippen LogP contribution in [0.2, 0.25) is 0 Å². The van der Waals surface area contributed by atoms with Gasteiger partial charge in [-0.2, -0.15) is 4.68 Å². The Morgan fingerprint density at radius 3 is 2.53 bits per heavy atom. The van der Waals surface area contributed by atoms with Crippen molar-refractivity contribution < 1.29 is 9.59 Å². The molecular weight excluding hydrogens is 382 g/mol. The molecule has 30 heavy (non-hydrogen) atoms. The van der Waals surface area contributed by atoms with Gasteiger partial charge in [-0.3, -0.25) is 9.59 Å². The van der Waals surface area contributed by atoms with E-state index in [9.17, 15) is 9.59 Å². The van der Waals surface area contributed by atoms with Gasteiger partial charge < -0.3 is 9.80 Å². The molecule has 2 fully saturated rings. The molecular formula is C21H25N7O2. The van der Waals surface area contributed by atoms with Gasteiger partial charge in [-0.05, 0) is 67.3 Å². The van der Waals surface area contributed by atoms with Crippen LogP contribution < -0.4 is 0 Å². The van der Waals surface area contributed by atoms with E-state index in [4.69, 9.17) is 0 Å². The first kappa shape index (κ1) is 19.0. The SMILES string of the molecule is O=C1C=C(N2CCC3(CCN(CCc4ccc(-n5cnnn5)nc4)CC3)C2=O)CC1. The van der Waals surface area contributed by atoms with Gasteiger partial charge in [-0.25, -0.2) is 4.98 Å². The van der Waals surface area contributed by atoms with Gasteiger partial charge in [0, 0.05) is 37.5 Å². The first-order valence-electron chi connectivity index (χ1n) is 10.6. The summed E-state index contributed by atoms with van der Waals surface area (Å²) < 4.78 is 1.54. The Balaban J connectivity index is 1.14. The molecule has 2 aliphatic heterocycles. The van der Waals surface area contributed by atoms with Gasteiger partial charge in [0.05, 0.1) is 5.41 Å². The van der Waals surface area contributed by atoms with Crippen LogP contribution in [0, 0.1) is 5.41 Å². The van der Waals surface area contributed by atoms with Crippen LogP contribution in [0.25, 0.3) is 5.82 Å². The molecule has 0 atom stereocenters. The van der Waals surface area contributed by atoms with Gasteiger partial charge in [0.2, 0.25) is 5.91 Å². The average molecular weight is 407 g/mol. The van der Waals surface area contributed by atoms with Crippen LogP contribution in [0.1, 0.15) is 37.7 Å². The summed E-state index contributed by atoms with van der Waals surface area (Å²) in [6.45, 7) is 3.60. The molecule has 0 bridgehead atoms. The third-order valence-electron chi connectivity index (χ3n) is 6.74. The summed E-state index contributed by atoms with van der Waals surface area (Å²) >= 11 is 0. The smallest absolute Gasteiger partial charge is 0.233 e. The zero-order valence-corrected chi connectivity index (χ0v) is 16.9. The minimum atomic E-state index is -0.224. The standard InChI is InChI=1S/C21H25N7O2/c29-18-3-2-17(13-18)27-12-8-21(20(27)30)6-10-26(11-7-21)9-5-16-1-4-19(22-14-16)28-15-23-24-25-28/h1,4,13-15H,2-3,5-12H2. The number of carbonyl (C=O) groups is 2. The van der Waals surface area contributed by atoms with E-state index in [1.54, 1.807) is 6.08 Å². The lowest BCUT2D eigenvalue weighted by atomic mass is 9.77. The number of nitrogens with zero attached hydrogens (tertiary/aromatic N) is 7. The van der Waals surface area contributed by atoms with Gasteiger partial charge in [-0.15, -0.1) is 5.10 Å². The Bertz CT molecular complexity index is 960. The largest absolute Gasteiger partial charge is 0.316 e. The van der Waals surface area contributed by atoms with Gasteiger partial charge in [0.15, 0.2) is 11.6 Å². The summed E-state index contributed by atoms with van der Waals surface area (Å²) in [6, 6.07) is 3.98. The highest BCUT2D eigenvalue weighted by Crippen LogP contribution is 2.43. The molecule has 0 radical (unpaired) electrons. The highest BCUT2D eigenvalue weighted by molar-refractivity contribution is 5.95. The zero-order valence-electron chi connectivity index (χ0n) is 16.9. The number of carbonyl (C=O) groups excluding carboxylic acids is 2. The lowest BCUT2D eigenvalue weighted by molar-refractivity contribution is -0.136. The van der Waals surface area contributed by atoms with E-state index in [0.29, 0.717) is 18.7 Å².